The number of nitrogens with one attached hydrogen (secondary N) is 1. The zero-order valence-electron chi connectivity index (χ0n) is 15.0. The zero-order chi connectivity index (χ0) is 20.4. The van der Waals surface area contributed by atoms with Gasteiger partial charge in [0.1, 0.15) is 5.75 Å². The summed E-state index contributed by atoms with van der Waals surface area (Å²) in [4.78, 5) is 24.0. The van der Waals surface area contributed by atoms with E-state index in [2.05, 4.69) is 5.32 Å². The van der Waals surface area contributed by atoms with Crippen LogP contribution >= 0.6 is 0 Å². The zero-order valence-corrected chi connectivity index (χ0v) is 15.0. The minimum absolute atomic E-state index is 0.234. The number of rotatable bonds is 5. The molecule has 148 valence electrons. The molecule has 0 saturated heterocycles. The number of hydrogen-bond acceptors (Lipinski definition) is 4. The molecule has 8 heteroatoms. The molecule has 0 bridgehead atoms. The highest BCUT2D eigenvalue weighted by molar-refractivity contribution is 5.88. The Balaban J connectivity index is 1.70. The van der Waals surface area contributed by atoms with Gasteiger partial charge in [0.25, 0.3) is 0 Å². The maximum atomic E-state index is 12.9. The molecule has 0 spiro atoms. The summed E-state index contributed by atoms with van der Waals surface area (Å²) >= 11 is 0. The van der Waals surface area contributed by atoms with Gasteiger partial charge in [0.05, 0.1) is 17.6 Å². The van der Waals surface area contributed by atoms with E-state index >= 15 is 0 Å². The highest BCUT2D eigenvalue weighted by Gasteiger charge is 2.53. The highest BCUT2D eigenvalue weighted by atomic mass is 19.4. The number of ether oxygens (including phenoxy) is 2. The monoisotopic (exact) mass is 393 g/mol. The molecular formula is C20H18F3NO4. The fourth-order valence-electron chi connectivity index (χ4n) is 2.82. The van der Waals surface area contributed by atoms with Crippen molar-refractivity contribution in [2.75, 3.05) is 11.9 Å². The van der Waals surface area contributed by atoms with Gasteiger partial charge in [-0.25, -0.2) is 4.79 Å². The standard InChI is InChI=1S/C20H18F3NO4/c1-2-27-18(26)24-15-6-8-16(9-7-15)28-17(25)19(10-11-19)13-4-3-5-14(12-13)20(21,22)23/h3-9,12H,2,10-11H2,1H3,(H,24,26). The van der Waals surface area contributed by atoms with Gasteiger partial charge in [0.15, 0.2) is 0 Å². The highest BCUT2D eigenvalue weighted by Crippen LogP contribution is 2.50. The summed E-state index contributed by atoms with van der Waals surface area (Å²) in [5, 5.41) is 2.50. The predicted octanol–water partition coefficient (Wildman–Crippen LogP) is 4.91. The van der Waals surface area contributed by atoms with Crippen LogP contribution in [-0.2, 0) is 21.1 Å². The third-order valence-electron chi connectivity index (χ3n) is 4.47. The maximum absolute atomic E-state index is 12.9. The average molecular weight is 393 g/mol. The topological polar surface area (TPSA) is 64.6 Å². The van der Waals surface area contributed by atoms with E-state index in [0.717, 1.165) is 12.1 Å². The summed E-state index contributed by atoms with van der Waals surface area (Å²) in [5.41, 5.74) is -1.09. The molecule has 0 heterocycles. The molecule has 0 aliphatic heterocycles. The Labute approximate surface area is 159 Å². The van der Waals surface area contributed by atoms with Gasteiger partial charge in [-0.05, 0) is 55.7 Å². The molecule has 0 atom stereocenters. The molecule has 2 aromatic carbocycles. The van der Waals surface area contributed by atoms with Crippen LogP contribution in [0.5, 0.6) is 5.75 Å². The van der Waals surface area contributed by atoms with E-state index in [-0.39, 0.29) is 12.4 Å². The van der Waals surface area contributed by atoms with Gasteiger partial charge in [-0.3, -0.25) is 10.1 Å². The van der Waals surface area contributed by atoms with Crippen molar-refractivity contribution in [1.29, 1.82) is 0 Å². The van der Waals surface area contributed by atoms with Crippen LogP contribution in [0.25, 0.3) is 0 Å². The Bertz CT molecular complexity index is 874. The number of anilines is 1. The van der Waals surface area contributed by atoms with Crippen LogP contribution in [0.1, 0.15) is 30.9 Å². The van der Waals surface area contributed by atoms with Gasteiger partial charge < -0.3 is 9.47 Å². The third-order valence-corrected chi connectivity index (χ3v) is 4.47. The molecule has 0 unspecified atom stereocenters. The first kappa shape index (κ1) is 19.7. The average Bonchev–Trinajstić information content (AvgIpc) is 3.45. The number of esters is 1. The van der Waals surface area contributed by atoms with Crippen LogP contribution in [0.4, 0.5) is 23.7 Å². The molecule has 5 nitrogen and oxygen atoms in total. The van der Waals surface area contributed by atoms with Gasteiger partial charge in [-0.2, -0.15) is 13.2 Å². The van der Waals surface area contributed by atoms with Gasteiger partial charge in [0, 0.05) is 5.69 Å². The summed E-state index contributed by atoms with van der Waals surface area (Å²) in [7, 11) is 0. The van der Waals surface area contributed by atoms with Crippen molar-refractivity contribution in [2.24, 2.45) is 0 Å². The Hall–Kier alpha value is -3.03. The van der Waals surface area contributed by atoms with Crippen molar-refractivity contribution in [3.8, 4) is 5.75 Å². The fraction of sp³-hybridized carbons (Fsp3) is 0.300. The fourth-order valence-corrected chi connectivity index (χ4v) is 2.82. The first-order chi connectivity index (χ1) is 13.2. The van der Waals surface area contributed by atoms with Crippen molar-refractivity contribution in [3.05, 3.63) is 59.7 Å². The molecule has 28 heavy (non-hydrogen) atoms. The van der Waals surface area contributed by atoms with E-state index < -0.39 is 29.2 Å². The van der Waals surface area contributed by atoms with E-state index in [9.17, 15) is 22.8 Å². The second-order valence-electron chi connectivity index (χ2n) is 6.42. The SMILES string of the molecule is CCOC(=O)Nc1ccc(OC(=O)C2(c3cccc(C(F)(F)F)c3)CC2)cc1. The van der Waals surface area contributed by atoms with E-state index in [1.54, 1.807) is 6.92 Å². The molecule has 1 amide bonds. The quantitative estimate of drug-likeness (QED) is 0.579. The number of benzene rings is 2. The summed E-state index contributed by atoms with van der Waals surface area (Å²) in [6, 6.07) is 10.8. The number of carbonyl (C=O) groups excluding carboxylic acids is 2. The number of halogens is 3. The lowest BCUT2D eigenvalue weighted by molar-refractivity contribution is -0.139. The van der Waals surface area contributed by atoms with Crippen molar-refractivity contribution >= 4 is 17.7 Å². The van der Waals surface area contributed by atoms with Crippen molar-refractivity contribution < 1.29 is 32.2 Å². The summed E-state index contributed by atoms with van der Waals surface area (Å²) in [6.45, 7) is 1.92. The normalized spacial score (nSPS) is 14.9. The van der Waals surface area contributed by atoms with Crippen molar-refractivity contribution in [2.45, 2.75) is 31.4 Å². The Morgan fingerprint density at radius 3 is 2.36 bits per heavy atom. The second-order valence-corrected chi connectivity index (χ2v) is 6.42. The Kier molecular flexibility index (Phi) is 5.31. The molecule has 1 aliphatic carbocycles. The Morgan fingerprint density at radius 2 is 1.79 bits per heavy atom. The predicted molar refractivity (Wildman–Crippen MR) is 95.1 cm³/mol. The van der Waals surface area contributed by atoms with Crippen LogP contribution in [0.15, 0.2) is 48.5 Å². The molecule has 0 aromatic heterocycles. The largest absolute Gasteiger partial charge is 0.450 e. The second kappa shape index (κ2) is 7.53. The molecule has 2 aromatic rings. The number of hydrogen-bond donors (Lipinski definition) is 1. The van der Waals surface area contributed by atoms with Gasteiger partial charge >= 0.3 is 18.2 Å². The van der Waals surface area contributed by atoms with E-state index in [4.69, 9.17) is 9.47 Å². The molecular weight excluding hydrogens is 375 g/mol. The first-order valence-electron chi connectivity index (χ1n) is 8.68. The van der Waals surface area contributed by atoms with Crippen LogP contribution in [-0.4, -0.2) is 18.7 Å². The molecule has 1 saturated carbocycles. The summed E-state index contributed by atoms with van der Waals surface area (Å²) in [5.74, 6) is -0.365. The number of amides is 1. The lowest BCUT2D eigenvalue weighted by atomic mass is 9.94. The lowest BCUT2D eigenvalue weighted by Crippen LogP contribution is -2.26. The van der Waals surface area contributed by atoms with Crippen LogP contribution in [0, 0.1) is 0 Å². The van der Waals surface area contributed by atoms with E-state index in [1.807, 2.05) is 0 Å². The van der Waals surface area contributed by atoms with Gasteiger partial charge in [-0.1, -0.05) is 18.2 Å². The maximum Gasteiger partial charge on any atom is 0.416 e. The molecule has 3 rings (SSSR count). The van der Waals surface area contributed by atoms with Gasteiger partial charge in [0.2, 0.25) is 0 Å². The lowest BCUT2D eigenvalue weighted by Gasteiger charge is -2.16. The van der Waals surface area contributed by atoms with Crippen molar-refractivity contribution in [1.82, 2.24) is 0 Å². The molecule has 1 aliphatic rings. The summed E-state index contributed by atoms with van der Waals surface area (Å²) < 4.78 is 49.0. The van der Waals surface area contributed by atoms with E-state index in [0.29, 0.717) is 24.1 Å². The minimum Gasteiger partial charge on any atom is -0.450 e. The van der Waals surface area contributed by atoms with Gasteiger partial charge in [-0.15, -0.1) is 0 Å². The van der Waals surface area contributed by atoms with E-state index in [1.165, 1.54) is 36.4 Å². The third kappa shape index (κ3) is 4.27. The molecule has 1 N–H and O–H groups in total. The number of carbonyl (C=O) groups is 2. The Morgan fingerprint density at radius 1 is 1.11 bits per heavy atom. The van der Waals surface area contributed by atoms with Crippen LogP contribution in [0.3, 0.4) is 0 Å². The van der Waals surface area contributed by atoms with Crippen LogP contribution in [0.2, 0.25) is 0 Å². The molecule has 0 radical (unpaired) electrons. The first-order valence-corrected chi connectivity index (χ1v) is 8.68. The van der Waals surface area contributed by atoms with Crippen molar-refractivity contribution in [3.63, 3.8) is 0 Å². The molecule has 1 fully saturated rings. The summed E-state index contributed by atoms with van der Waals surface area (Å²) in [6.07, 6.45) is -4.23. The number of alkyl halides is 3. The minimum atomic E-state index is -4.47. The smallest absolute Gasteiger partial charge is 0.416 e. The van der Waals surface area contributed by atoms with Crippen LogP contribution < -0.4 is 10.1 Å².